The highest BCUT2D eigenvalue weighted by molar-refractivity contribution is 5.74. The van der Waals surface area contributed by atoms with Crippen LogP contribution in [0.5, 0.6) is 0 Å². The molecule has 0 spiro atoms. The molecule has 5 nitrogen and oxygen atoms in total. The number of piperidine rings is 1. The van der Waals surface area contributed by atoms with Gasteiger partial charge in [0.05, 0.1) is 12.2 Å². The number of rotatable bonds is 5. The summed E-state index contributed by atoms with van der Waals surface area (Å²) in [6.07, 6.45) is 6.70. The number of amides is 2. The first-order chi connectivity index (χ1) is 10.7. The van der Waals surface area contributed by atoms with E-state index in [1.807, 2.05) is 4.90 Å². The predicted molar refractivity (Wildman–Crippen MR) is 87.0 cm³/mol. The fourth-order valence-electron chi connectivity index (χ4n) is 3.68. The average Bonchev–Trinajstić information content (AvgIpc) is 2.56. The third-order valence-electron chi connectivity index (χ3n) is 5.22. The number of ether oxygens (including phenoxy) is 2. The largest absolute Gasteiger partial charge is 0.380 e. The molecule has 5 heteroatoms. The molecule has 2 aliphatic heterocycles. The number of carbonyl (C=O) groups excluding carboxylic acids is 1. The Balaban J connectivity index is 1.83. The van der Waals surface area contributed by atoms with Gasteiger partial charge >= 0.3 is 6.03 Å². The second-order valence-corrected chi connectivity index (χ2v) is 6.60. The Morgan fingerprint density at radius 2 is 2.14 bits per heavy atom. The molecule has 0 aliphatic carbocycles. The van der Waals surface area contributed by atoms with Gasteiger partial charge in [0.25, 0.3) is 0 Å². The molecule has 0 bridgehead atoms. The zero-order valence-electron chi connectivity index (χ0n) is 14.3. The minimum Gasteiger partial charge on any atom is -0.380 e. The number of hydrogen-bond acceptors (Lipinski definition) is 3. The Kier molecular flexibility index (Phi) is 6.96. The summed E-state index contributed by atoms with van der Waals surface area (Å²) in [6.45, 7) is 6.75. The number of carbonyl (C=O) groups is 1. The molecule has 3 atom stereocenters. The second kappa shape index (κ2) is 8.73. The highest BCUT2D eigenvalue weighted by atomic mass is 16.5. The summed E-state index contributed by atoms with van der Waals surface area (Å²) >= 11 is 0. The summed E-state index contributed by atoms with van der Waals surface area (Å²) < 4.78 is 11.3. The van der Waals surface area contributed by atoms with E-state index in [1.165, 1.54) is 0 Å². The first kappa shape index (κ1) is 17.5. The lowest BCUT2D eigenvalue weighted by Crippen LogP contribution is -2.52. The monoisotopic (exact) mass is 312 g/mol. The molecule has 1 N–H and O–H groups in total. The lowest BCUT2D eigenvalue weighted by Gasteiger charge is -2.37. The van der Waals surface area contributed by atoms with Gasteiger partial charge in [-0.2, -0.15) is 0 Å². The van der Waals surface area contributed by atoms with Crippen LogP contribution in [0.2, 0.25) is 0 Å². The Morgan fingerprint density at radius 3 is 2.82 bits per heavy atom. The molecule has 22 heavy (non-hydrogen) atoms. The molecule has 0 unspecified atom stereocenters. The molecule has 2 saturated heterocycles. The molecular weight excluding hydrogens is 280 g/mol. The van der Waals surface area contributed by atoms with Crippen LogP contribution in [-0.4, -0.2) is 56.0 Å². The molecule has 2 fully saturated rings. The van der Waals surface area contributed by atoms with Gasteiger partial charge < -0.3 is 19.7 Å². The zero-order chi connectivity index (χ0) is 15.9. The zero-order valence-corrected chi connectivity index (χ0v) is 14.3. The first-order valence-electron chi connectivity index (χ1n) is 8.87. The Morgan fingerprint density at radius 1 is 1.36 bits per heavy atom. The van der Waals surface area contributed by atoms with Crippen LogP contribution < -0.4 is 5.32 Å². The highest BCUT2D eigenvalue weighted by Crippen LogP contribution is 2.25. The molecule has 2 heterocycles. The molecular formula is C17H32N2O3. The molecule has 2 aliphatic rings. The fraction of sp³-hybridized carbons (Fsp3) is 0.941. The van der Waals surface area contributed by atoms with Crippen molar-refractivity contribution in [1.82, 2.24) is 10.2 Å². The van der Waals surface area contributed by atoms with Gasteiger partial charge in [0.2, 0.25) is 0 Å². The number of hydrogen-bond donors (Lipinski definition) is 1. The van der Waals surface area contributed by atoms with Crippen LogP contribution in [0.25, 0.3) is 0 Å². The van der Waals surface area contributed by atoms with Crippen molar-refractivity contribution in [2.75, 3.05) is 26.8 Å². The van der Waals surface area contributed by atoms with Crippen LogP contribution in [0, 0.1) is 5.92 Å². The topological polar surface area (TPSA) is 50.8 Å². The van der Waals surface area contributed by atoms with Crippen molar-refractivity contribution >= 4 is 6.03 Å². The molecule has 0 saturated carbocycles. The number of nitrogens with zero attached hydrogens (tertiary/aromatic N) is 1. The number of likely N-dealkylation sites (tertiary alicyclic amines) is 1. The van der Waals surface area contributed by atoms with Crippen LogP contribution in [0.1, 0.15) is 52.4 Å². The molecule has 0 aromatic heterocycles. The van der Waals surface area contributed by atoms with E-state index in [0.717, 1.165) is 51.7 Å². The van der Waals surface area contributed by atoms with E-state index in [1.54, 1.807) is 7.11 Å². The Hall–Kier alpha value is -0.810. The normalized spacial score (nSPS) is 29.6. The summed E-state index contributed by atoms with van der Waals surface area (Å²) in [7, 11) is 1.73. The first-order valence-corrected chi connectivity index (χ1v) is 8.87. The van der Waals surface area contributed by atoms with Crippen LogP contribution in [0.4, 0.5) is 4.79 Å². The van der Waals surface area contributed by atoms with Crippen molar-refractivity contribution in [2.24, 2.45) is 5.92 Å². The maximum Gasteiger partial charge on any atom is 0.317 e. The number of nitrogens with one attached hydrogen (secondary N) is 1. The molecule has 0 aromatic rings. The molecule has 0 aromatic carbocycles. The van der Waals surface area contributed by atoms with Gasteiger partial charge in [-0.15, -0.1) is 0 Å². The van der Waals surface area contributed by atoms with Crippen molar-refractivity contribution in [3.05, 3.63) is 0 Å². The van der Waals surface area contributed by atoms with E-state index < -0.39 is 0 Å². The lowest BCUT2D eigenvalue weighted by molar-refractivity contribution is -0.0341. The van der Waals surface area contributed by atoms with Gasteiger partial charge in [-0.05, 0) is 31.6 Å². The van der Waals surface area contributed by atoms with Crippen LogP contribution in [0.3, 0.4) is 0 Å². The summed E-state index contributed by atoms with van der Waals surface area (Å²) in [6, 6.07) is 0.312. The van der Waals surface area contributed by atoms with E-state index >= 15 is 0 Å². The van der Waals surface area contributed by atoms with Crippen molar-refractivity contribution in [1.29, 1.82) is 0 Å². The van der Waals surface area contributed by atoms with Gasteiger partial charge in [-0.25, -0.2) is 4.79 Å². The maximum absolute atomic E-state index is 12.5. The number of methoxy groups -OCH3 is 1. The Labute approximate surface area is 134 Å². The fourth-order valence-corrected chi connectivity index (χ4v) is 3.68. The molecule has 2 amide bonds. The average molecular weight is 312 g/mol. The van der Waals surface area contributed by atoms with Gasteiger partial charge in [-0.3, -0.25) is 0 Å². The summed E-state index contributed by atoms with van der Waals surface area (Å²) in [4.78, 5) is 14.4. The molecule has 2 rings (SSSR count). The van der Waals surface area contributed by atoms with Gasteiger partial charge in [0.1, 0.15) is 0 Å². The predicted octanol–water partition coefficient (Wildman–Crippen LogP) is 2.79. The lowest BCUT2D eigenvalue weighted by atomic mass is 9.89. The quantitative estimate of drug-likeness (QED) is 0.849. The van der Waals surface area contributed by atoms with Gasteiger partial charge in [0.15, 0.2) is 0 Å². The van der Waals surface area contributed by atoms with E-state index in [2.05, 4.69) is 19.2 Å². The minimum absolute atomic E-state index is 0.0666. The van der Waals surface area contributed by atoms with Crippen LogP contribution in [-0.2, 0) is 9.47 Å². The maximum atomic E-state index is 12.5. The summed E-state index contributed by atoms with van der Waals surface area (Å²) in [5.41, 5.74) is 0. The van der Waals surface area contributed by atoms with Crippen LogP contribution in [0.15, 0.2) is 0 Å². The van der Waals surface area contributed by atoms with E-state index in [0.29, 0.717) is 18.6 Å². The smallest absolute Gasteiger partial charge is 0.317 e. The number of urea groups is 1. The van der Waals surface area contributed by atoms with Crippen molar-refractivity contribution < 1.29 is 14.3 Å². The summed E-state index contributed by atoms with van der Waals surface area (Å²) in [5, 5.41) is 3.22. The second-order valence-electron chi connectivity index (χ2n) is 6.60. The van der Waals surface area contributed by atoms with Crippen molar-refractivity contribution in [3.63, 3.8) is 0 Å². The molecule has 0 radical (unpaired) electrons. The minimum atomic E-state index is 0.0666. The molecule has 128 valence electrons. The Bertz CT molecular complexity index is 347. The van der Waals surface area contributed by atoms with Crippen molar-refractivity contribution in [2.45, 2.75) is 70.6 Å². The van der Waals surface area contributed by atoms with Gasteiger partial charge in [0, 0.05) is 32.8 Å². The third-order valence-corrected chi connectivity index (χ3v) is 5.22. The van der Waals surface area contributed by atoms with E-state index in [9.17, 15) is 4.79 Å². The summed E-state index contributed by atoms with van der Waals surface area (Å²) in [5.74, 6) is 0.604. The van der Waals surface area contributed by atoms with Crippen molar-refractivity contribution in [3.8, 4) is 0 Å². The standard InChI is InChI=1S/C17H32N2O3/c1-4-13(5-2)16-11-14(8-10-22-16)18-17(20)19-9-6-7-15(12-19)21-3/h13-16H,4-12H2,1-3H3,(H,18,20)/t14-,15+,16+/m1/s1. The van der Waals surface area contributed by atoms with Gasteiger partial charge in [-0.1, -0.05) is 26.7 Å². The van der Waals surface area contributed by atoms with E-state index in [4.69, 9.17) is 9.47 Å². The van der Waals surface area contributed by atoms with E-state index in [-0.39, 0.29) is 18.2 Å². The highest BCUT2D eigenvalue weighted by Gasteiger charge is 2.30. The van der Waals surface area contributed by atoms with Crippen LogP contribution >= 0.6 is 0 Å². The third kappa shape index (κ3) is 4.59. The SMILES string of the molecule is CCC(CC)[C@@H]1C[C@H](NC(=O)N2CCC[C@H](OC)C2)CCO1.